The zero-order chi connectivity index (χ0) is 29.9. The van der Waals surface area contributed by atoms with Crippen LogP contribution in [0.3, 0.4) is 0 Å². The maximum Gasteiger partial charge on any atom is 0.304 e. The molecule has 4 unspecified atom stereocenters. The Balaban J connectivity index is 4.21. The Kier molecular flexibility index (Phi) is 15.4. The Morgan fingerprint density at radius 3 is 1.51 bits per heavy atom. The number of carboxylic acids is 2. The molecule has 224 valence electrons. The minimum Gasteiger partial charge on any atom is -0.507 e. The van der Waals surface area contributed by atoms with Crippen molar-refractivity contribution in [3.8, 4) is 5.75 Å². The number of thiol groups is 2. The second-order valence-corrected chi connectivity index (χ2v) is 13.5. The Hall–Kier alpha value is -1.34. The van der Waals surface area contributed by atoms with Gasteiger partial charge < -0.3 is 15.3 Å². The monoisotopic (exact) mass is 582 g/mol. The molecule has 4 atom stereocenters. The third-order valence-corrected chi connectivity index (χ3v) is 8.88. The predicted octanol–water partition coefficient (Wildman–Crippen LogP) is 9.10. The minimum atomic E-state index is -0.986. The number of unbranched alkanes of at least 4 members (excludes halogenated alkanes) is 2. The fourth-order valence-corrected chi connectivity index (χ4v) is 6.78. The van der Waals surface area contributed by atoms with Crippen LogP contribution in [0.2, 0.25) is 0 Å². The van der Waals surface area contributed by atoms with Crippen molar-refractivity contribution in [3.63, 3.8) is 0 Å². The van der Waals surface area contributed by atoms with Crippen LogP contribution in [0.5, 0.6) is 5.75 Å². The minimum absolute atomic E-state index is 0.129. The lowest BCUT2D eigenvalue weighted by Gasteiger charge is -2.35. The van der Waals surface area contributed by atoms with Crippen molar-refractivity contribution in [1.29, 1.82) is 0 Å². The van der Waals surface area contributed by atoms with Gasteiger partial charge in [0.2, 0.25) is 0 Å². The molecule has 1 rings (SSSR count). The Bertz CT molecular complexity index is 938. The number of rotatable bonds is 18. The first-order chi connectivity index (χ1) is 18.2. The van der Waals surface area contributed by atoms with Crippen LogP contribution in [0, 0.1) is 11.8 Å². The summed E-state index contributed by atoms with van der Waals surface area (Å²) in [4.78, 5) is 23.8. The second kappa shape index (κ2) is 16.8. The molecule has 5 nitrogen and oxygen atoms in total. The highest BCUT2D eigenvalue weighted by atomic mass is 32.1. The quantitative estimate of drug-likeness (QED) is 0.111. The van der Waals surface area contributed by atoms with Crippen molar-refractivity contribution in [1.82, 2.24) is 0 Å². The van der Waals surface area contributed by atoms with Crippen molar-refractivity contribution in [2.75, 3.05) is 0 Å². The summed E-state index contributed by atoms with van der Waals surface area (Å²) in [6.07, 6.45) is 9.37. The number of hydrogen-bond acceptors (Lipinski definition) is 5. The van der Waals surface area contributed by atoms with Crippen LogP contribution in [-0.4, -0.2) is 27.3 Å². The number of hydrogen-bond donors (Lipinski definition) is 5. The molecule has 0 aliphatic rings. The maximum atomic E-state index is 12.0. The van der Waals surface area contributed by atoms with Gasteiger partial charge in [0.1, 0.15) is 5.75 Å². The molecule has 0 amide bonds. The molecule has 0 aliphatic heterocycles. The number of phenols is 1. The molecule has 0 saturated heterocycles. The smallest absolute Gasteiger partial charge is 0.304 e. The van der Waals surface area contributed by atoms with E-state index in [2.05, 4.69) is 48.5 Å². The van der Waals surface area contributed by atoms with E-state index in [-0.39, 0.29) is 18.6 Å². The van der Waals surface area contributed by atoms with Gasteiger partial charge in [-0.05, 0) is 46.8 Å². The molecule has 0 saturated carbocycles. The second-order valence-electron chi connectivity index (χ2n) is 12.2. The predicted molar refractivity (Wildman–Crippen MR) is 169 cm³/mol. The van der Waals surface area contributed by atoms with Crippen LogP contribution >= 0.6 is 25.3 Å². The zero-order valence-corrected chi connectivity index (χ0v) is 27.1. The van der Waals surface area contributed by atoms with Crippen LogP contribution < -0.4 is 0 Å². The molecular weight excluding hydrogens is 528 g/mol. The van der Waals surface area contributed by atoms with Gasteiger partial charge in [-0.1, -0.05) is 99.8 Å². The number of aliphatic carboxylic acids is 2. The average molecular weight is 583 g/mol. The topological polar surface area (TPSA) is 94.8 Å². The standard InChI is InChI=1S/C32H54O5S2/c1-8-12-14-20(10-3)16-22-28(24(38)18-26(33)34)23(17-21(11-4)15-13-9-2)30(32(5,6)7)31(37)29(22)25(39)19-27(35)36/h20-21,24-25,37-39H,8-19H2,1-7H3,(H,33,34)(H,35,36). The van der Waals surface area contributed by atoms with E-state index in [4.69, 9.17) is 25.3 Å². The van der Waals surface area contributed by atoms with Crippen LogP contribution in [-0.2, 0) is 27.8 Å². The fraction of sp³-hybridized carbons (Fsp3) is 0.750. The highest BCUT2D eigenvalue weighted by Crippen LogP contribution is 2.50. The van der Waals surface area contributed by atoms with E-state index >= 15 is 0 Å². The van der Waals surface area contributed by atoms with Crippen molar-refractivity contribution in [3.05, 3.63) is 27.8 Å². The average Bonchev–Trinajstić information content (AvgIpc) is 2.82. The summed E-state index contributed by atoms with van der Waals surface area (Å²) in [6.45, 7) is 14.9. The van der Waals surface area contributed by atoms with E-state index in [1.165, 1.54) is 0 Å². The molecule has 7 heteroatoms. The van der Waals surface area contributed by atoms with Gasteiger partial charge in [-0.25, -0.2) is 0 Å². The first-order valence-electron chi connectivity index (χ1n) is 14.9. The van der Waals surface area contributed by atoms with Gasteiger partial charge in [-0.3, -0.25) is 9.59 Å². The fourth-order valence-electron chi connectivity index (χ4n) is 5.88. The molecular formula is C32H54O5S2. The summed E-state index contributed by atoms with van der Waals surface area (Å²) in [5.74, 6) is -1.07. The highest BCUT2D eigenvalue weighted by molar-refractivity contribution is 7.80. The Morgan fingerprint density at radius 1 is 0.744 bits per heavy atom. The largest absolute Gasteiger partial charge is 0.507 e. The zero-order valence-electron chi connectivity index (χ0n) is 25.3. The third kappa shape index (κ3) is 10.5. The summed E-state index contributed by atoms with van der Waals surface area (Å²) in [5.41, 5.74) is 3.62. The van der Waals surface area contributed by atoms with E-state index in [0.29, 0.717) is 23.8 Å². The van der Waals surface area contributed by atoms with Gasteiger partial charge >= 0.3 is 11.9 Å². The van der Waals surface area contributed by atoms with Crippen LogP contribution in [0.4, 0.5) is 0 Å². The van der Waals surface area contributed by atoms with Gasteiger partial charge in [0, 0.05) is 21.6 Å². The summed E-state index contributed by atoms with van der Waals surface area (Å²) < 4.78 is 0. The van der Waals surface area contributed by atoms with Crippen molar-refractivity contribution in [2.45, 2.75) is 141 Å². The lowest BCUT2D eigenvalue weighted by Crippen LogP contribution is -2.24. The summed E-state index contributed by atoms with van der Waals surface area (Å²) in [7, 11) is 0. The summed E-state index contributed by atoms with van der Waals surface area (Å²) in [6, 6.07) is 0. The lowest BCUT2D eigenvalue weighted by atomic mass is 9.72. The van der Waals surface area contributed by atoms with Gasteiger partial charge in [0.15, 0.2) is 0 Å². The number of benzene rings is 1. The SMILES string of the molecule is CCCCC(CC)Cc1c(C(S)CC(=O)O)c(O)c(C(C)(C)C)c(CC(CC)CCCC)c1C(S)CC(=O)O. The normalized spacial score (nSPS) is 15.1. The molecule has 0 spiro atoms. The molecule has 0 aliphatic carbocycles. The lowest BCUT2D eigenvalue weighted by molar-refractivity contribution is -0.138. The maximum absolute atomic E-state index is 12.0. The first kappa shape index (κ1) is 35.7. The van der Waals surface area contributed by atoms with E-state index in [9.17, 15) is 24.9 Å². The summed E-state index contributed by atoms with van der Waals surface area (Å²) >= 11 is 9.64. The van der Waals surface area contributed by atoms with E-state index < -0.39 is 27.9 Å². The van der Waals surface area contributed by atoms with Crippen molar-refractivity contribution >= 4 is 37.2 Å². The molecule has 39 heavy (non-hydrogen) atoms. The van der Waals surface area contributed by atoms with E-state index in [0.717, 1.165) is 80.0 Å². The molecule has 0 bridgehead atoms. The van der Waals surface area contributed by atoms with Crippen LogP contribution in [0.1, 0.15) is 151 Å². The molecule has 3 N–H and O–H groups in total. The van der Waals surface area contributed by atoms with Crippen LogP contribution in [0.15, 0.2) is 0 Å². The molecule has 1 aromatic carbocycles. The highest BCUT2D eigenvalue weighted by Gasteiger charge is 2.35. The Morgan fingerprint density at radius 2 is 1.15 bits per heavy atom. The molecule has 0 radical (unpaired) electrons. The molecule has 0 fully saturated rings. The number of carboxylic acid groups (broad SMARTS) is 2. The van der Waals surface area contributed by atoms with Crippen molar-refractivity contribution < 1.29 is 24.9 Å². The van der Waals surface area contributed by atoms with E-state index in [1.807, 2.05) is 0 Å². The Labute approximate surface area is 248 Å². The van der Waals surface area contributed by atoms with Gasteiger partial charge in [0.25, 0.3) is 0 Å². The molecule has 1 aromatic rings. The van der Waals surface area contributed by atoms with Crippen LogP contribution in [0.25, 0.3) is 0 Å². The van der Waals surface area contributed by atoms with Gasteiger partial charge in [0.05, 0.1) is 12.8 Å². The number of carbonyl (C=O) groups is 2. The number of aromatic hydroxyl groups is 1. The third-order valence-electron chi connectivity index (χ3n) is 7.99. The van der Waals surface area contributed by atoms with Gasteiger partial charge in [-0.15, -0.1) is 0 Å². The number of phenolic OH excluding ortho intramolecular Hbond substituents is 1. The van der Waals surface area contributed by atoms with Gasteiger partial charge in [-0.2, -0.15) is 25.3 Å². The first-order valence-corrected chi connectivity index (χ1v) is 16.0. The molecule has 0 aromatic heterocycles. The summed E-state index contributed by atoms with van der Waals surface area (Å²) in [5, 5.41) is 30.2. The van der Waals surface area contributed by atoms with E-state index in [1.54, 1.807) is 0 Å². The van der Waals surface area contributed by atoms with Crippen molar-refractivity contribution in [2.24, 2.45) is 11.8 Å². The molecule has 0 heterocycles.